The molecule has 0 aromatic carbocycles. The molecule has 3 aromatic rings. The van der Waals surface area contributed by atoms with Crippen LogP contribution in [-0.4, -0.2) is 33.8 Å². The number of alkyl halides is 1. The molecular formula is C15H15FN4. The van der Waals surface area contributed by atoms with E-state index in [9.17, 15) is 4.39 Å². The van der Waals surface area contributed by atoms with Gasteiger partial charge < -0.3 is 9.47 Å². The molecule has 1 aliphatic heterocycles. The van der Waals surface area contributed by atoms with Crippen molar-refractivity contribution in [2.75, 3.05) is 18.0 Å². The SMILES string of the molecule is Cn1c2ccncc2c2ccc(N3CCC([18F])C3)nc21. The van der Waals surface area contributed by atoms with E-state index in [1.54, 1.807) is 6.20 Å². The lowest BCUT2D eigenvalue weighted by molar-refractivity contribution is 0.364. The van der Waals surface area contributed by atoms with Gasteiger partial charge in [-0.2, -0.15) is 0 Å². The Hall–Kier alpha value is -2.17. The Morgan fingerprint density at radius 3 is 2.95 bits per heavy atom. The molecule has 5 heteroatoms. The van der Waals surface area contributed by atoms with Crippen molar-refractivity contribution in [1.29, 1.82) is 0 Å². The maximum Gasteiger partial charge on any atom is 0.143 e. The van der Waals surface area contributed by atoms with Gasteiger partial charge in [0.25, 0.3) is 0 Å². The van der Waals surface area contributed by atoms with Crippen molar-refractivity contribution in [2.24, 2.45) is 7.05 Å². The van der Waals surface area contributed by atoms with E-state index in [1.165, 1.54) is 0 Å². The zero-order valence-electron chi connectivity index (χ0n) is 11.3. The fourth-order valence-corrected chi connectivity index (χ4v) is 3.01. The Balaban J connectivity index is 1.91. The molecule has 1 atom stereocenters. The topological polar surface area (TPSA) is 34.0 Å². The Morgan fingerprint density at radius 2 is 2.15 bits per heavy atom. The number of nitrogens with zero attached hydrogens (tertiary/aromatic N) is 4. The molecule has 0 spiro atoms. The maximum absolute atomic E-state index is 13.3. The van der Waals surface area contributed by atoms with Crippen LogP contribution >= 0.6 is 0 Å². The summed E-state index contributed by atoms with van der Waals surface area (Å²) >= 11 is 0. The molecule has 102 valence electrons. The van der Waals surface area contributed by atoms with Gasteiger partial charge in [0.2, 0.25) is 0 Å². The number of hydrogen-bond donors (Lipinski definition) is 0. The normalized spacial score (nSPS) is 19.3. The van der Waals surface area contributed by atoms with Crippen molar-refractivity contribution in [3.05, 3.63) is 30.6 Å². The lowest BCUT2D eigenvalue weighted by Crippen LogP contribution is -2.21. The van der Waals surface area contributed by atoms with E-state index in [0.29, 0.717) is 13.0 Å². The van der Waals surface area contributed by atoms with Crippen LogP contribution < -0.4 is 4.90 Å². The predicted octanol–water partition coefficient (Wildman–Crippen LogP) is 2.67. The fraction of sp³-hybridized carbons (Fsp3) is 0.333. The average molecular weight is 269 g/mol. The second-order valence-electron chi connectivity index (χ2n) is 5.32. The van der Waals surface area contributed by atoms with Crippen molar-refractivity contribution in [2.45, 2.75) is 12.6 Å². The Labute approximate surface area is 115 Å². The van der Waals surface area contributed by atoms with Crippen LogP contribution in [0.15, 0.2) is 30.6 Å². The van der Waals surface area contributed by atoms with Crippen molar-refractivity contribution < 1.29 is 4.39 Å². The van der Waals surface area contributed by atoms with E-state index in [-0.39, 0.29) is 0 Å². The minimum atomic E-state index is -0.732. The minimum absolute atomic E-state index is 0.448. The Morgan fingerprint density at radius 1 is 1.25 bits per heavy atom. The third-order valence-electron chi connectivity index (χ3n) is 4.08. The summed E-state index contributed by atoms with van der Waals surface area (Å²) in [6.07, 6.45) is 3.52. The molecule has 4 nitrogen and oxygen atoms in total. The number of pyridine rings is 2. The van der Waals surface area contributed by atoms with Gasteiger partial charge in [-0.25, -0.2) is 9.37 Å². The molecule has 0 bridgehead atoms. The molecule has 1 fully saturated rings. The summed E-state index contributed by atoms with van der Waals surface area (Å²) < 4.78 is 15.4. The second-order valence-corrected chi connectivity index (χ2v) is 5.32. The monoisotopic (exact) mass is 269 g/mol. The average Bonchev–Trinajstić information content (AvgIpc) is 3.03. The third kappa shape index (κ3) is 1.59. The van der Waals surface area contributed by atoms with E-state index in [4.69, 9.17) is 4.98 Å². The highest BCUT2D eigenvalue weighted by molar-refractivity contribution is 6.06. The fourth-order valence-electron chi connectivity index (χ4n) is 3.01. The molecule has 1 aliphatic rings. The first-order chi connectivity index (χ1) is 9.74. The number of rotatable bonds is 1. The highest BCUT2D eigenvalue weighted by Crippen LogP contribution is 2.29. The summed E-state index contributed by atoms with van der Waals surface area (Å²) in [7, 11) is 2.00. The first-order valence-electron chi connectivity index (χ1n) is 6.82. The third-order valence-corrected chi connectivity index (χ3v) is 4.08. The van der Waals surface area contributed by atoms with Gasteiger partial charge in [-0.15, -0.1) is 0 Å². The van der Waals surface area contributed by atoms with Gasteiger partial charge in [-0.05, 0) is 24.6 Å². The predicted molar refractivity (Wildman–Crippen MR) is 77.7 cm³/mol. The number of aromatic nitrogens is 3. The van der Waals surface area contributed by atoms with Crippen molar-refractivity contribution >= 4 is 27.8 Å². The largest absolute Gasteiger partial charge is 0.354 e. The number of fused-ring (bicyclic) bond motifs is 3. The Kier molecular flexibility index (Phi) is 2.42. The van der Waals surface area contributed by atoms with Gasteiger partial charge in [0.05, 0.1) is 12.1 Å². The van der Waals surface area contributed by atoms with Crippen LogP contribution in [-0.2, 0) is 7.05 Å². The quantitative estimate of drug-likeness (QED) is 0.681. The van der Waals surface area contributed by atoms with E-state index >= 15 is 0 Å². The highest BCUT2D eigenvalue weighted by atomic mass is 18.2. The number of halogens is 1. The molecule has 0 amide bonds. The highest BCUT2D eigenvalue weighted by Gasteiger charge is 2.23. The maximum atomic E-state index is 13.3. The minimum Gasteiger partial charge on any atom is -0.354 e. The van der Waals surface area contributed by atoms with E-state index in [2.05, 4.69) is 15.6 Å². The van der Waals surface area contributed by atoms with Gasteiger partial charge in [0.15, 0.2) is 0 Å². The van der Waals surface area contributed by atoms with Crippen molar-refractivity contribution in [3.63, 3.8) is 0 Å². The van der Waals surface area contributed by atoms with Crippen LogP contribution in [0.4, 0.5) is 10.2 Å². The molecule has 1 unspecified atom stereocenters. The van der Waals surface area contributed by atoms with Crippen LogP contribution in [0.5, 0.6) is 0 Å². The summed E-state index contributed by atoms with van der Waals surface area (Å²) in [5.41, 5.74) is 2.04. The molecule has 0 radical (unpaired) electrons. The molecule has 0 aliphatic carbocycles. The van der Waals surface area contributed by atoms with E-state index in [1.807, 2.05) is 30.3 Å². The van der Waals surface area contributed by atoms with E-state index in [0.717, 1.165) is 34.3 Å². The summed E-state index contributed by atoms with van der Waals surface area (Å²) in [4.78, 5) is 10.9. The van der Waals surface area contributed by atoms with E-state index < -0.39 is 6.17 Å². The number of anilines is 1. The van der Waals surface area contributed by atoms with Gasteiger partial charge in [0.1, 0.15) is 17.6 Å². The molecule has 0 N–H and O–H groups in total. The second kappa shape index (κ2) is 4.16. The number of aryl methyl sites for hydroxylation is 1. The van der Waals surface area contributed by atoms with Crippen molar-refractivity contribution in [1.82, 2.24) is 14.5 Å². The molecule has 4 heterocycles. The first-order valence-corrected chi connectivity index (χ1v) is 6.82. The molecule has 3 aromatic heterocycles. The van der Waals surface area contributed by atoms with Gasteiger partial charge >= 0.3 is 0 Å². The summed E-state index contributed by atoms with van der Waals surface area (Å²) in [5.74, 6) is 0.858. The van der Waals surface area contributed by atoms with Gasteiger partial charge in [-0.1, -0.05) is 0 Å². The summed E-state index contributed by atoms with van der Waals surface area (Å²) in [6.45, 7) is 1.19. The molecule has 0 saturated carbocycles. The van der Waals surface area contributed by atoms with Gasteiger partial charge in [0, 0.05) is 36.8 Å². The van der Waals surface area contributed by atoms with Gasteiger partial charge in [-0.3, -0.25) is 4.98 Å². The zero-order valence-corrected chi connectivity index (χ0v) is 11.3. The molecular weight excluding hydrogens is 254 g/mol. The zero-order chi connectivity index (χ0) is 13.7. The van der Waals surface area contributed by atoms with Crippen LogP contribution in [0, 0.1) is 0 Å². The number of hydrogen-bond acceptors (Lipinski definition) is 3. The lowest BCUT2D eigenvalue weighted by Gasteiger charge is -2.16. The van der Waals surface area contributed by atoms with Crippen LogP contribution in [0.3, 0.4) is 0 Å². The summed E-state index contributed by atoms with van der Waals surface area (Å²) in [6, 6.07) is 6.03. The van der Waals surface area contributed by atoms with Crippen LogP contribution in [0.25, 0.3) is 21.9 Å². The molecule has 4 rings (SSSR count). The lowest BCUT2D eigenvalue weighted by atomic mass is 10.2. The smallest absolute Gasteiger partial charge is 0.143 e. The first kappa shape index (κ1) is 11.6. The van der Waals surface area contributed by atoms with Crippen LogP contribution in [0.1, 0.15) is 6.42 Å². The Bertz CT molecular complexity index is 795. The molecule has 20 heavy (non-hydrogen) atoms. The summed E-state index contributed by atoms with van der Waals surface area (Å²) in [5, 5.41) is 2.20. The molecule has 1 saturated heterocycles. The standard InChI is InChI=1S/C15H15FN4/c1-19-13-4-6-17-8-12(13)11-2-3-14(18-15(11)19)20-7-5-10(16)9-20/h2-4,6,8,10H,5,7,9H2,1H3/i16-1. The van der Waals surface area contributed by atoms with Crippen LogP contribution in [0.2, 0.25) is 0 Å². The van der Waals surface area contributed by atoms with Crippen molar-refractivity contribution in [3.8, 4) is 0 Å².